The quantitative estimate of drug-likeness (QED) is 0.0771. The first-order valence-electron chi connectivity index (χ1n) is 20.9. The van der Waals surface area contributed by atoms with Crippen LogP contribution in [0.5, 0.6) is 0 Å². The molecule has 50 heavy (non-hydrogen) atoms. The molecular weight excluding hydrogens is 624 g/mol. The van der Waals surface area contributed by atoms with Gasteiger partial charge in [0.2, 0.25) is 5.91 Å². The van der Waals surface area contributed by atoms with Crippen LogP contribution in [0.4, 0.5) is 0 Å². The van der Waals surface area contributed by atoms with Gasteiger partial charge in [-0.1, -0.05) is 85.3 Å². The lowest BCUT2D eigenvalue weighted by atomic mass is 9.32. The Labute approximate surface area is 304 Å². The average Bonchev–Trinajstić information content (AvgIpc) is 3.47. The minimum atomic E-state index is -0.697. The highest BCUT2D eigenvalue weighted by Crippen LogP contribution is 2.77. The number of nitrogens with one attached hydrogen (secondary N) is 2. The van der Waals surface area contributed by atoms with Crippen LogP contribution in [-0.2, 0) is 9.59 Å². The first kappa shape index (κ1) is 39.8. The van der Waals surface area contributed by atoms with Gasteiger partial charge >= 0.3 is 5.97 Å². The van der Waals surface area contributed by atoms with Crippen LogP contribution >= 0.6 is 0 Å². The van der Waals surface area contributed by atoms with Crippen molar-refractivity contribution in [2.24, 2.45) is 56.7 Å². The summed E-state index contributed by atoms with van der Waals surface area (Å²) in [5.41, 5.74) is 1.45. The molecule has 0 aliphatic heterocycles. The van der Waals surface area contributed by atoms with Gasteiger partial charge in [-0.2, -0.15) is 0 Å². The fraction of sp³-hybridized carbons (Fsp3) is 0.907. The number of rotatable bonds is 17. The van der Waals surface area contributed by atoms with Crippen molar-refractivity contribution in [2.75, 3.05) is 26.2 Å². The Kier molecular flexibility index (Phi) is 12.6. The first-order chi connectivity index (χ1) is 23.7. The third-order valence-corrected chi connectivity index (χ3v) is 16.6. The molecule has 5 N–H and O–H groups in total. The molecule has 0 saturated heterocycles. The summed E-state index contributed by atoms with van der Waals surface area (Å²) in [5.74, 6) is 1.91. The summed E-state index contributed by atoms with van der Waals surface area (Å²) < 4.78 is 0. The number of hydrogen-bond donors (Lipinski definition) is 5. The van der Waals surface area contributed by atoms with E-state index in [9.17, 15) is 19.8 Å². The van der Waals surface area contributed by atoms with E-state index >= 15 is 0 Å². The molecule has 0 heterocycles. The lowest BCUT2D eigenvalue weighted by molar-refractivity contribution is -0.246. The number of aliphatic hydroxyl groups is 2. The predicted octanol–water partition coefficient (Wildman–Crippen LogP) is 8.28. The van der Waals surface area contributed by atoms with Crippen molar-refractivity contribution in [2.45, 2.75) is 163 Å². The second-order valence-electron chi connectivity index (χ2n) is 19.2. The number of aliphatic carboxylic acids is 1. The molecule has 286 valence electrons. The van der Waals surface area contributed by atoms with Gasteiger partial charge in [0, 0.05) is 26.1 Å². The summed E-state index contributed by atoms with van der Waals surface area (Å²) in [4.78, 5) is 25.2. The molecule has 5 rings (SSSR count). The van der Waals surface area contributed by atoms with Crippen molar-refractivity contribution in [3.8, 4) is 0 Å². The Morgan fingerprint density at radius 2 is 1.42 bits per heavy atom. The maximum Gasteiger partial charge on any atom is 0.303 e. The van der Waals surface area contributed by atoms with E-state index in [-0.39, 0.29) is 46.2 Å². The molecule has 1 amide bonds. The predicted molar refractivity (Wildman–Crippen MR) is 201 cm³/mol. The standard InChI is InChI=1S/C43H74N2O5/c1-30(29-44-27-28-46)31-18-23-43(38(50)45-26-14-12-10-8-7-9-11-13-15-36(48)49)25-24-41(5)32(37(31)43)16-17-34-40(4)21-20-35(47)39(2,3)33(40)19-22-42(34,41)6/h31-35,37,44,46-47H,1,7-29H2,2-6H3,(H,45,50)(H,48,49)/t31-,32+,33-,34?,35-,37+,40-,41+,42+,43-/m0/s1. The van der Waals surface area contributed by atoms with Crippen molar-refractivity contribution in [1.29, 1.82) is 0 Å². The molecule has 0 bridgehead atoms. The van der Waals surface area contributed by atoms with E-state index < -0.39 is 5.97 Å². The van der Waals surface area contributed by atoms with Gasteiger partial charge in [0.15, 0.2) is 0 Å². The zero-order valence-corrected chi connectivity index (χ0v) is 32.6. The summed E-state index contributed by atoms with van der Waals surface area (Å²) in [6.07, 6.45) is 19.5. The SMILES string of the molecule is C=C(CNCCO)[C@@H]1CC[C@]2(C(=O)NCCCCCCCCCCC(=O)O)CC[C@]3(C)[C@H](CCC4[C@@]5(C)CC[C@H](O)C(C)(C)[C@@H]5CC[C@]43C)[C@@H]12. The molecule has 0 radical (unpaired) electrons. The number of carbonyl (C=O) groups is 2. The molecule has 5 aliphatic rings. The van der Waals surface area contributed by atoms with E-state index in [4.69, 9.17) is 5.11 Å². The average molecular weight is 699 g/mol. The molecule has 7 nitrogen and oxygen atoms in total. The third-order valence-electron chi connectivity index (χ3n) is 16.6. The molecule has 0 aromatic heterocycles. The third kappa shape index (κ3) is 7.11. The van der Waals surface area contributed by atoms with E-state index in [0.29, 0.717) is 48.6 Å². The molecule has 0 aromatic carbocycles. The highest BCUT2D eigenvalue weighted by Gasteiger charge is 2.71. The second-order valence-corrected chi connectivity index (χ2v) is 19.2. The van der Waals surface area contributed by atoms with Gasteiger partial charge in [0.25, 0.3) is 0 Å². The van der Waals surface area contributed by atoms with Gasteiger partial charge < -0.3 is 26.0 Å². The Balaban J connectivity index is 1.28. The maximum absolute atomic E-state index is 14.5. The number of carboxylic acids is 1. The molecule has 5 aliphatic carbocycles. The van der Waals surface area contributed by atoms with Crippen LogP contribution in [0, 0.1) is 56.7 Å². The summed E-state index contributed by atoms with van der Waals surface area (Å²) in [6.45, 7) is 19.3. The minimum absolute atomic E-state index is 0.0505. The fourth-order valence-electron chi connectivity index (χ4n) is 13.7. The molecule has 1 unspecified atom stereocenters. The smallest absolute Gasteiger partial charge is 0.303 e. The van der Waals surface area contributed by atoms with Crippen LogP contribution in [0.15, 0.2) is 12.2 Å². The van der Waals surface area contributed by atoms with Crippen LogP contribution in [0.3, 0.4) is 0 Å². The van der Waals surface area contributed by atoms with Crippen LogP contribution in [0.1, 0.15) is 157 Å². The molecule has 0 aromatic rings. The largest absolute Gasteiger partial charge is 0.481 e. The lowest BCUT2D eigenvalue weighted by Crippen LogP contribution is -2.67. The van der Waals surface area contributed by atoms with Crippen LogP contribution < -0.4 is 10.6 Å². The summed E-state index contributed by atoms with van der Waals surface area (Å²) in [7, 11) is 0. The number of aliphatic hydroxyl groups excluding tert-OH is 2. The molecule has 5 fully saturated rings. The number of hydrogen-bond acceptors (Lipinski definition) is 5. The van der Waals surface area contributed by atoms with E-state index in [2.05, 4.69) is 51.8 Å². The Morgan fingerprint density at radius 3 is 2.10 bits per heavy atom. The molecule has 5 saturated carbocycles. The minimum Gasteiger partial charge on any atom is -0.481 e. The van der Waals surface area contributed by atoms with Crippen molar-refractivity contribution in [3.05, 3.63) is 12.2 Å². The first-order valence-corrected chi connectivity index (χ1v) is 20.9. The van der Waals surface area contributed by atoms with Gasteiger partial charge in [-0.25, -0.2) is 0 Å². The second kappa shape index (κ2) is 15.9. The Morgan fingerprint density at radius 1 is 0.740 bits per heavy atom. The van der Waals surface area contributed by atoms with Crippen LogP contribution in [0.2, 0.25) is 0 Å². The zero-order valence-electron chi connectivity index (χ0n) is 32.6. The maximum atomic E-state index is 14.5. The van der Waals surface area contributed by atoms with Gasteiger partial charge in [-0.15, -0.1) is 0 Å². The lowest BCUT2D eigenvalue weighted by Gasteiger charge is -2.72. The summed E-state index contributed by atoms with van der Waals surface area (Å²) in [5, 5.41) is 36.3. The number of fused-ring (bicyclic) bond motifs is 7. The van der Waals surface area contributed by atoms with Crippen LogP contribution in [0.25, 0.3) is 0 Å². The molecule has 0 spiro atoms. The highest BCUT2D eigenvalue weighted by atomic mass is 16.4. The number of carbonyl (C=O) groups excluding carboxylic acids is 1. The van der Waals surface area contributed by atoms with Gasteiger partial charge in [0.05, 0.1) is 18.1 Å². The Bertz CT molecular complexity index is 1200. The number of unbranched alkanes of at least 4 members (excludes halogenated alkanes) is 7. The molecule has 10 atom stereocenters. The van der Waals surface area contributed by atoms with Crippen molar-refractivity contribution in [1.82, 2.24) is 10.6 Å². The van der Waals surface area contributed by atoms with Crippen molar-refractivity contribution in [3.63, 3.8) is 0 Å². The molecule has 7 heteroatoms. The van der Waals surface area contributed by atoms with Crippen molar-refractivity contribution >= 4 is 11.9 Å². The number of carboxylic acid groups (broad SMARTS) is 1. The monoisotopic (exact) mass is 699 g/mol. The van der Waals surface area contributed by atoms with E-state index in [0.717, 1.165) is 83.6 Å². The van der Waals surface area contributed by atoms with Gasteiger partial charge in [-0.3, -0.25) is 9.59 Å². The summed E-state index contributed by atoms with van der Waals surface area (Å²) in [6, 6.07) is 0. The normalized spacial score (nSPS) is 40.2. The van der Waals surface area contributed by atoms with E-state index in [1.54, 1.807) is 0 Å². The number of amides is 1. The Hall–Kier alpha value is -1.44. The van der Waals surface area contributed by atoms with E-state index in [1.165, 1.54) is 44.1 Å². The topological polar surface area (TPSA) is 119 Å². The van der Waals surface area contributed by atoms with Gasteiger partial charge in [-0.05, 0) is 128 Å². The van der Waals surface area contributed by atoms with E-state index in [1.807, 2.05) is 0 Å². The summed E-state index contributed by atoms with van der Waals surface area (Å²) >= 11 is 0. The molecular formula is C43H74N2O5. The van der Waals surface area contributed by atoms with Gasteiger partial charge in [0.1, 0.15) is 0 Å². The van der Waals surface area contributed by atoms with Crippen LogP contribution in [-0.4, -0.2) is 59.5 Å². The fourth-order valence-corrected chi connectivity index (χ4v) is 13.7. The highest BCUT2D eigenvalue weighted by molar-refractivity contribution is 5.84. The zero-order chi connectivity index (χ0) is 36.4. The van der Waals surface area contributed by atoms with Crippen molar-refractivity contribution < 1.29 is 24.9 Å².